The van der Waals surface area contributed by atoms with E-state index in [2.05, 4.69) is 15.5 Å². The molecule has 148 valence electrons. The smallest absolute Gasteiger partial charge is 0.258 e. The van der Waals surface area contributed by atoms with Crippen LogP contribution in [0.15, 0.2) is 40.6 Å². The van der Waals surface area contributed by atoms with Crippen molar-refractivity contribution in [2.24, 2.45) is 10.2 Å². The van der Waals surface area contributed by atoms with Gasteiger partial charge in [-0.15, -0.1) is 0 Å². The van der Waals surface area contributed by atoms with Crippen molar-refractivity contribution >= 4 is 46.3 Å². The summed E-state index contributed by atoms with van der Waals surface area (Å²) in [5, 5.41) is 11.1. The molecule has 28 heavy (non-hydrogen) atoms. The van der Waals surface area contributed by atoms with Gasteiger partial charge in [-0.2, -0.15) is 10.2 Å². The van der Waals surface area contributed by atoms with E-state index in [1.54, 1.807) is 30.3 Å². The molecule has 0 saturated carbocycles. The van der Waals surface area contributed by atoms with Crippen LogP contribution in [0.25, 0.3) is 0 Å². The van der Waals surface area contributed by atoms with E-state index in [9.17, 15) is 9.59 Å². The summed E-state index contributed by atoms with van der Waals surface area (Å²) < 4.78 is 10.3. The second kappa shape index (κ2) is 9.52. The number of rotatable bonds is 7. The molecule has 2 aromatic carbocycles. The monoisotopic (exact) mass is 423 g/mol. The Morgan fingerprint density at radius 3 is 2.39 bits per heavy atom. The summed E-state index contributed by atoms with van der Waals surface area (Å²) in [6.07, 6.45) is 0. The second-order valence-electron chi connectivity index (χ2n) is 5.81. The lowest BCUT2D eigenvalue weighted by Crippen LogP contribution is -2.32. The van der Waals surface area contributed by atoms with Crippen molar-refractivity contribution in [1.29, 1.82) is 0 Å². The third-order valence-corrected chi connectivity index (χ3v) is 4.59. The van der Waals surface area contributed by atoms with Crippen LogP contribution >= 0.6 is 23.2 Å². The van der Waals surface area contributed by atoms with Gasteiger partial charge < -0.3 is 14.8 Å². The summed E-state index contributed by atoms with van der Waals surface area (Å²) in [6, 6.07) is 6.83. The first-order valence-corrected chi connectivity index (χ1v) is 8.92. The largest absolute Gasteiger partial charge is 0.495 e. The third kappa shape index (κ3) is 4.99. The highest BCUT2D eigenvalue weighted by Gasteiger charge is 2.25. The molecule has 7 nitrogen and oxygen atoms in total. The first-order valence-electron chi connectivity index (χ1n) is 8.17. The molecule has 0 aliphatic carbocycles. The number of carbonyl (C=O) groups excluding carboxylic acids is 2. The van der Waals surface area contributed by atoms with Gasteiger partial charge in [-0.05, 0) is 43.7 Å². The van der Waals surface area contributed by atoms with Gasteiger partial charge in [-0.3, -0.25) is 9.59 Å². The van der Waals surface area contributed by atoms with Gasteiger partial charge in [0.05, 0.1) is 25.6 Å². The van der Waals surface area contributed by atoms with E-state index >= 15 is 0 Å². The molecule has 1 atom stereocenters. The van der Waals surface area contributed by atoms with Crippen molar-refractivity contribution in [3.05, 3.63) is 45.9 Å². The van der Waals surface area contributed by atoms with Gasteiger partial charge in [0, 0.05) is 5.02 Å². The Morgan fingerprint density at radius 1 is 1.11 bits per heavy atom. The van der Waals surface area contributed by atoms with Gasteiger partial charge >= 0.3 is 0 Å². The number of ketones is 1. The SMILES string of the molecule is COc1ccc(NC(=O)C(N=Nc2ccc(C)c(Cl)c2)C(C)=O)c(OC)c1Cl. The highest BCUT2D eigenvalue weighted by molar-refractivity contribution is 6.34. The summed E-state index contributed by atoms with van der Waals surface area (Å²) in [6.45, 7) is 3.10. The fraction of sp³-hybridized carbons (Fsp3) is 0.263. The fourth-order valence-electron chi connectivity index (χ4n) is 2.28. The van der Waals surface area contributed by atoms with Crippen LogP contribution in [0.3, 0.4) is 0 Å². The lowest BCUT2D eigenvalue weighted by Gasteiger charge is -2.15. The molecule has 1 N–H and O–H groups in total. The van der Waals surface area contributed by atoms with E-state index in [1.807, 2.05) is 6.92 Å². The summed E-state index contributed by atoms with van der Waals surface area (Å²) >= 11 is 12.2. The molecule has 0 aliphatic rings. The van der Waals surface area contributed by atoms with Crippen molar-refractivity contribution in [3.8, 4) is 11.5 Å². The Labute approximate surface area is 172 Å². The van der Waals surface area contributed by atoms with Crippen LogP contribution in [0.2, 0.25) is 10.0 Å². The van der Waals surface area contributed by atoms with Crippen LogP contribution in [-0.2, 0) is 9.59 Å². The molecule has 0 aliphatic heterocycles. The molecule has 0 heterocycles. The Morgan fingerprint density at radius 2 is 1.82 bits per heavy atom. The highest BCUT2D eigenvalue weighted by Crippen LogP contribution is 2.39. The Kier molecular flexibility index (Phi) is 7.37. The first-order chi connectivity index (χ1) is 13.3. The molecule has 0 saturated heterocycles. The average Bonchev–Trinajstić information content (AvgIpc) is 2.65. The summed E-state index contributed by atoms with van der Waals surface area (Å²) in [5.41, 5.74) is 1.59. The van der Waals surface area contributed by atoms with Gasteiger partial charge in [0.15, 0.2) is 11.5 Å². The minimum absolute atomic E-state index is 0.193. The molecule has 0 aromatic heterocycles. The molecule has 0 bridgehead atoms. The van der Waals surface area contributed by atoms with E-state index in [0.29, 0.717) is 16.5 Å². The van der Waals surface area contributed by atoms with Gasteiger partial charge in [-0.25, -0.2) is 0 Å². The minimum Gasteiger partial charge on any atom is -0.495 e. The van der Waals surface area contributed by atoms with Crippen molar-refractivity contribution in [2.75, 3.05) is 19.5 Å². The second-order valence-corrected chi connectivity index (χ2v) is 6.60. The molecule has 0 spiro atoms. The van der Waals surface area contributed by atoms with Crippen molar-refractivity contribution < 1.29 is 19.1 Å². The average molecular weight is 424 g/mol. The van der Waals surface area contributed by atoms with Crippen molar-refractivity contribution in [3.63, 3.8) is 0 Å². The molecular weight excluding hydrogens is 405 g/mol. The van der Waals surface area contributed by atoms with Crippen LogP contribution in [0, 0.1) is 6.92 Å². The number of benzene rings is 2. The maximum Gasteiger partial charge on any atom is 0.258 e. The quantitative estimate of drug-likeness (QED) is 0.501. The van der Waals surface area contributed by atoms with Crippen LogP contribution in [0.5, 0.6) is 11.5 Å². The third-order valence-electron chi connectivity index (χ3n) is 3.82. The molecule has 0 fully saturated rings. The van der Waals surface area contributed by atoms with Crippen LogP contribution in [0.1, 0.15) is 12.5 Å². The predicted octanol–water partition coefficient (Wildman–Crippen LogP) is 5.00. The molecule has 0 radical (unpaired) electrons. The number of amides is 1. The number of nitrogens with zero attached hydrogens (tertiary/aromatic N) is 2. The Hall–Kier alpha value is -2.64. The molecule has 2 rings (SSSR count). The maximum absolute atomic E-state index is 12.6. The number of halogens is 2. The maximum atomic E-state index is 12.6. The van der Waals surface area contributed by atoms with Crippen molar-refractivity contribution in [1.82, 2.24) is 0 Å². The number of methoxy groups -OCH3 is 2. The standard InChI is InChI=1S/C19H19Cl2N3O4/c1-10-5-6-12(9-13(10)20)23-24-17(11(2)25)19(26)22-14-7-8-15(27-3)16(21)18(14)28-4/h5-9,17H,1-4H3,(H,22,26). The fourth-order valence-corrected chi connectivity index (χ4v) is 2.78. The van der Waals surface area contributed by atoms with Crippen molar-refractivity contribution in [2.45, 2.75) is 19.9 Å². The molecule has 1 unspecified atom stereocenters. The zero-order chi connectivity index (χ0) is 20.8. The van der Waals surface area contributed by atoms with Crippen LogP contribution in [0.4, 0.5) is 11.4 Å². The lowest BCUT2D eigenvalue weighted by molar-refractivity contribution is -0.126. The number of carbonyl (C=O) groups is 2. The lowest BCUT2D eigenvalue weighted by atomic mass is 10.2. The van der Waals surface area contributed by atoms with Crippen LogP contribution in [-0.4, -0.2) is 32.0 Å². The Balaban J connectivity index is 2.26. The van der Waals surface area contributed by atoms with E-state index in [0.717, 1.165) is 5.56 Å². The summed E-state index contributed by atoms with van der Waals surface area (Å²) in [5.74, 6) is -0.554. The van der Waals surface area contributed by atoms with Gasteiger partial charge in [-0.1, -0.05) is 29.3 Å². The molecule has 9 heteroatoms. The Bertz CT molecular complexity index is 932. The van der Waals surface area contributed by atoms with Gasteiger partial charge in [0.1, 0.15) is 10.8 Å². The molecular formula is C19H19Cl2N3O4. The van der Waals surface area contributed by atoms with E-state index in [-0.39, 0.29) is 16.5 Å². The topological polar surface area (TPSA) is 89.4 Å². The number of azo groups is 1. The summed E-state index contributed by atoms with van der Waals surface area (Å²) in [7, 11) is 2.86. The predicted molar refractivity (Wildman–Crippen MR) is 108 cm³/mol. The molecule has 2 aromatic rings. The number of hydrogen-bond donors (Lipinski definition) is 1. The van der Waals surface area contributed by atoms with E-state index < -0.39 is 17.7 Å². The van der Waals surface area contributed by atoms with E-state index in [4.69, 9.17) is 32.7 Å². The van der Waals surface area contributed by atoms with E-state index in [1.165, 1.54) is 21.1 Å². The van der Waals surface area contributed by atoms with Crippen LogP contribution < -0.4 is 14.8 Å². The van der Waals surface area contributed by atoms with Gasteiger partial charge in [0.2, 0.25) is 6.04 Å². The number of nitrogens with one attached hydrogen (secondary N) is 1. The highest BCUT2D eigenvalue weighted by atomic mass is 35.5. The first kappa shape index (κ1) is 21.7. The zero-order valence-corrected chi connectivity index (χ0v) is 17.3. The normalized spacial score (nSPS) is 11.9. The number of aryl methyl sites for hydroxylation is 1. The van der Waals surface area contributed by atoms with Gasteiger partial charge in [0.25, 0.3) is 5.91 Å². The number of hydrogen-bond acceptors (Lipinski definition) is 6. The minimum atomic E-state index is -1.34. The number of anilines is 1. The molecule has 1 amide bonds. The zero-order valence-electron chi connectivity index (χ0n) is 15.7. The number of Topliss-reactive ketones (excluding diaryl/α,β-unsaturated/α-hetero) is 1. The summed E-state index contributed by atoms with van der Waals surface area (Å²) in [4.78, 5) is 24.5. The number of ether oxygens (including phenoxy) is 2.